The average molecular weight is 311 g/mol. The van der Waals surface area contributed by atoms with Crippen molar-refractivity contribution in [2.75, 3.05) is 0 Å². The topological polar surface area (TPSA) is 87.5 Å². The lowest BCUT2D eigenvalue weighted by Crippen LogP contribution is -2.42. The molecule has 2 N–H and O–H groups in total. The molecule has 1 heterocycles. The molecule has 106 valence electrons. The van der Waals surface area contributed by atoms with Crippen LogP contribution in [-0.4, -0.2) is 31.9 Å². The lowest BCUT2D eigenvalue weighted by molar-refractivity contribution is -0.150. The number of carboxylic acid groups (broad SMARTS) is 2. The van der Waals surface area contributed by atoms with Crippen LogP contribution >= 0.6 is 23.1 Å². The van der Waals surface area contributed by atoms with Gasteiger partial charge in [-0.2, -0.15) is 0 Å². The largest absolute Gasteiger partial charge is 0.481 e. The zero-order valence-corrected chi connectivity index (χ0v) is 12.5. The third kappa shape index (κ3) is 2.64. The minimum Gasteiger partial charge on any atom is -0.481 e. The zero-order valence-electron chi connectivity index (χ0n) is 10.9. The summed E-state index contributed by atoms with van der Waals surface area (Å²) in [6.07, 6.45) is 0. The van der Waals surface area contributed by atoms with E-state index in [0.29, 0.717) is 4.34 Å². The molecule has 2 atom stereocenters. The maximum Gasteiger partial charge on any atom is 0.320 e. The normalized spacial score (nSPS) is 15.7. The Labute approximate surface area is 123 Å². The lowest BCUT2D eigenvalue weighted by Gasteiger charge is -2.26. The van der Waals surface area contributed by atoms with Crippen LogP contribution in [0, 0.1) is 5.92 Å². The van der Waals surface area contributed by atoms with Crippen LogP contribution in [-0.2, 0) is 9.59 Å². The van der Waals surface area contributed by atoms with E-state index in [-0.39, 0.29) is 0 Å². The van der Waals surface area contributed by atoms with Crippen LogP contribution in [0.15, 0.2) is 28.6 Å². The van der Waals surface area contributed by atoms with Crippen molar-refractivity contribution >= 4 is 45.3 Å². The summed E-state index contributed by atoms with van der Waals surface area (Å²) in [6.45, 7) is 2.82. The van der Waals surface area contributed by atoms with E-state index < -0.39 is 22.6 Å². The van der Waals surface area contributed by atoms with Crippen molar-refractivity contribution in [1.29, 1.82) is 0 Å². The van der Waals surface area contributed by atoms with Crippen molar-refractivity contribution in [2.24, 2.45) is 5.92 Å². The number of para-hydroxylation sites is 1. The first-order valence-corrected chi connectivity index (χ1v) is 7.48. The number of hydrogen-bond acceptors (Lipinski definition) is 5. The monoisotopic (exact) mass is 311 g/mol. The Morgan fingerprint density at radius 2 is 2.00 bits per heavy atom. The van der Waals surface area contributed by atoms with Crippen LogP contribution in [0.1, 0.15) is 13.8 Å². The molecule has 0 saturated carbocycles. The third-order valence-electron chi connectivity index (χ3n) is 3.19. The van der Waals surface area contributed by atoms with Gasteiger partial charge in [-0.25, -0.2) is 4.98 Å². The van der Waals surface area contributed by atoms with Gasteiger partial charge in [0.15, 0.2) is 4.34 Å². The summed E-state index contributed by atoms with van der Waals surface area (Å²) in [5.41, 5.74) is 0.788. The molecule has 0 saturated heterocycles. The van der Waals surface area contributed by atoms with Crippen molar-refractivity contribution < 1.29 is 19.8 Å². The molecule has 1 aromatic heterocycles. The second-order valence-electron chi connectivity index (χ2n) is 4.52. The smallest absolute Gasteiger partial charge is 0.320 e. The van der Waals surface area contributed by atoms with E-state index in [0.717, 1.165) is 22.0 Å². The molecule has 5 nitrogen and oxygen atoms in total. The minimum atomic E-state index is -1.46. The van der Waals surface area contributed by atoms with E-state index in [1.165, 1.54) is 25.2 Å². The number of thioether (sulfide) groups is 1. The molecule has 0 spiro atoms. The van der Waals surface area contributed by atoms with Gasteiger partial charge in [0.1, 0.15) is 4.75 Å². The Morgan fingerprint density at radius 3 is 2.55 bits per heavy atom. The fraction of sp³-hybridized carbons (Fsp3) is 0.308. The van der Waals surface area contributed by atoms with Gasteiger partial charge in [0.2, 0.25) is 0 Å². The molecular formula is C13H13NO4S2. The van der Waals surface area contributed by atoms with Crippen LogP contribution in [0.4, 0.5) is 0 Å². The Morgan fingerprint density at radius 1 is 1.35 bits per heavy atom. The summed E-state index contributed by atoms with van der Waals surface area (Å²) in [7, 11) is 0. The first-order valence-electron chi connectivity index (χ1n) is 5.85. The van der Waals surface area contributed by atoms with Crippen molar-refractivity contribution in [2.45, 2.75) is 22.9 Å². The summed E-state index contributed by atoms with van der Waals surface area (Å²) in [5.74, 6) is -3.32. The van der Waals surface area contributed by atoms with Crippen LogP contribution in [0.3, 0.4) is 0 Å². The summed E-state index contributed by atoms with van der Waals surface area (Å²) >= 11 is 2.35. The summed E-state index contributed by atoms with van der Waals surface area (Å²) in [6, 6.07) is 7.47. The van der Waals surface area contributed by atoms with Gasteiger partial charge in [-0.05, 0) is 26.0 Å². The average Bonchev–Trinajstić information content (AvgIpc) is 2.79. The number of hydrogen-bond donors (Lipinski definition) is 2. The van der Waals surface area contributed by atoms with Crippen molar-refractivity contribution in [3.8, 4) is 0 Å². The Bertz CT molecular complexity index is 636. The van der Waals surface area contributed by atoms with Gasteiger partial charge in [-0.1, -0.05) is 23.9 Å². The molecule has 2 unspecified atom stereocenters. The molecule has 0 fully saturated rings. The second kappa shape index (κ2) is 5.41. The molecule has 0 aliphatic heterocycles. The predicted molar refractivity (Wildman–Crippen MR) is 78.3 cm³/mol. The highest BCUT2D eigenvalue weighted by Crippen LogP contribution is 2.42. The molecule has 7 heteroatoms. The second-order valence-corrected chi connectivity index (χ2v) is 7.25. The Hall–Kier alpha value is -1.60. The molecule has 0 bridgehead atoms. The van der Waals surface area contributed by atoms with Crippen molar-refractivity contribution in [3.05, 3.63) is 24.3 Å². The van der Waals surface area contributed by atoms with Gasteiger partial charge in [-0.3, -0.25) is 9.59 Å². The molecule has 0 aliphatic rings. The number of thiazole rings is 1. The van der Waals surface area contributed by atoms with Gasteiger partial charge in [0, 0.05) is 0 Å². The van der Waals surface area contributed by atoms with E-state index >= 15 is 0 Å². The van der Waals surface area contributed by atoms with Crippen LogP contribution < -0.4 is 0 Å². The zero-order chi connectivity index (χ0) is 14.9. The standard InChI is InChI=1S/C13H13NO4S2/c1-7(10(15)16)13(2,11(17)18)20-12-14-8-5-3-4-6-9(8)19-12/h3-7H,1-2H3,(H,15,16)(H,17,18). The molecule has 1 aromatic carbocycles. The highest BCUT2D eigenvalue weighted by Gasteiger charge is 2.45. The lowest BCUT2D eigenvalue weighted by atomic mass is 9.95. The molecule has 0 amide bonds. The molecular weight excluding hydrogens is 298 g/mol. The first kappa shape index (κ1) is 14.8. The van der Waals surface area contributed by atoms with Crippen molar-refractivity contribution in [1.82, 2.24) is 4.98 Å². The van der Waals surface area contributed by atoms with Gasteiger partial charge >= 0.3 is 11.9 Å². The number of aliphatic carboxylic acids is 2. The summed E-state index contributed by atoms with van der Waals surface area (Å²) < 4.78 is 0.0506. The summed E-state index contributed by atoms with van der Waals surface area (Å²) in [4.78, 5) is 26.9. The van der Waals surface area contributed by atoms with Crippen LogP contribution in [0.2, 0.25) is 0 Å². The minimum absolute atomic E-state index is 0.559. The Kier molecular flexibility index (Phi) is 4.01. The molecule has 2 aromatic rings. The summed E-state index contributed by atoms with van der Waals surface area (Å²) in [5, 5.41) is 18.5. The van der Waals surface area contributed by atoms with Crippen LogP contribution in [0.25, 0.3) is 10.2 Å². The Balaban J connectivity index is 2.37. The van der Waals surface area contributed by atoms with Crippen LogP contribution in [0.5, 0.6) is 0 Å². The first-order chi connectivity index (χ1) is 9.34. The maximum atomic E-state index is 11.5. The van der Waals surface area contributed by atoms with E-state index in [1.807, 2.05) is 24.3 Å². The highest BCUT2D eigenvalue weighted by atomic mass is 32.2. The third-order valence-corrected chi connectivity index (χ3v) is 5.74. The number of aromatic nitrogens is 1. The van der Waals surface area contributed by atoms with Gasteiger partial charge in [0.05, 0.1) is 16.1 Å². The molecule has 20 heavy (non-hydrogen) atoms. The number of carbonyl (C=O) groups is 2. The van der Waals surface area contributed by atoms with Gasteiger partial charge in [0.25, 0.3) is 0 Å². The molecule has 0 aliphatic carbocycles. The predicted octanol–water partition coefficient (Wildman–Crippen LogP) is 2.95. The van der Waals surface area contributed by atoms with E-state index in [9.17, 15) is 14.7 Å². The van der Waals surface area contributed by atoms with E-state index in [2.05, 4.69) is 4.98 Å². The fourth-order valence-electron chi connectivity index (χ4n) is 1.63. The van der Waals surface area contributed by atoms with Gasteiger partial charge in [-0.15, -0.1) is 11.3 Å². The number of carboxylic acids is 2. The molecule has 0 radical (unpaired) electrons. The quantitative estimate of drug-likeness (QED) is 0.825. The fourth-order valence-corrected chi connectivity index (χ4v) is 4.15. The maximum absolute atomic E-state index is 11.5. The number of benzene rings is 1. The SMILES string of the molecule is CC(C(=O)O)C(C)(Sc1nc2ccccc2s1)C(=O)O. The van der Waals surface area contributed by atoms with E-state index in [1.54, 1.807) is 0 Å². The number of fused-ring (bicyclic) bond motifs is 1. The van der Waals surface area contributed by atoms with Gasteiger partial charge < -0.3 is 10.2 Å². The van der Waals surface area contributed by atoms with Crippen molar-refractivity contribution in [3.63, 3.8) is 0 Å². The van der Waals surface area contributed by atoms with E-state index in [4.69, 9.17) is 5.11 Å². The number of rotatable bonds is 5. The molecule has 2 rings (SSSR count). The number of nitrogens with zero attached hydrogens (tertiary/aromatic N) is 1. The highest BCUT2D eigenvalue weighted by molar-refractivity contribution is 8.03.